The monoisotopic (exact) mass is 274 g/mol. The molecule has 19 heavy (non-hydrogen) atoms. The lowest BCUT2D eigenvalue weighted by molar-refractivity contribution is 0.987. The van der Waals surface area contributed by atoms with Gasteiger partial charge in [-0.1, -0.05) is 24.4 Å². The summed E-state index contributed by atoms with van der Waals surface area (Å²) in [4.78, 5) is 20.5. The second-order valence-electron chi connectivity index (χ2n) is 4.13. The Labute approximate surface area is 116 Å². The van der Waals surface area contributed by atoms with Gasteiger partial charge in [0, 0.05) is 18.7 Å². The van der Waals surface area contributed by atoms with Crippen molar-refractivity contribution in [3.8, 4) is 0 Å². The number of nitrogens with one attached hydrogen (secondary N) is 1. The van der Waals surface area contributed by atoms with Crippen LogP contribution in [0.25, 0.3) is 0 Å². The molecule has 0 bridgehead atoms. The molecular weight excluding hydrogens is 260 g/mol. The van der Waals surface area contributed by atoms with Crippen molar-refractivity contribution in [3.63, 3.8) is 0 Å². The van der Waals surface area contributed by atoms with Gasteiger partial charge >= 0.3 is 0 Å². The molecule has 98 valence electrons. The standard InChI is InChI=1S/C13H14N4OS/c1-8-15-11(7-12(18)16-8)17(2)10-6-4-3-5-9(10)13(14)19/h3-7H,1-2H3,(H2,14,19)(H,15,16,18). The predicted molar refractivity (Wildman–Crippen MR) is 80.0 cm³/mol. The number of nitrogens with zero attached hydrogens (tertiary/aromatic N) is 2. The lowest BCUT2D eigenvalue weighted by Crippen LogP contribution is -2.21. The van der Waals surface area contributed by atoms with Crippen molar-refractivity contribution in [1.29, 1.82) is 0 Å². The topological polar surface area (TPSA) is 75.0 Å². The van der Waals surface area contributed by atoms with Crippen LogP contribution in [0.5, 0.6) is 0 Å². The maximum absolute atomic E-state index is 11.5. The van der Waals surface area contributed by atoms with E-state index in [9.17, 15) is 4.79 Å². The number of aromatic nitrogens is 2. The summed E-state index contributed by atoms with van der Waals surface area (Å²) in [5, 5.41) is 0. The summed E-state index contributed by atoms with van der Waals surface area (Å²) in [5.41, 5.74) is 7.08. The molecule has 0 fully saturated rings. The van der Waals surface area contributed by atoms with Gasteiger partial charge in [0.2, 0.25) is 0 Å². The molecule has 0 saturated carbocycles. The van der Waals surface area contributed by atoms with E-state index in [0.717, 1.165) is 11.3 Å². The van der Waals surface area contributed by atoms with Crippen molar-refractivity contribution in [1.82, 2.24) is 9.97 Å². The maximum atomic E-state index is 11.5. The fourth-order valence-corrected chi connectivity index (χ4v) is 2.01. The van der Waals surface area contributed by atoms with Crippen molar-refractivity contribution >= 4 is 28.7 Å². The summed E-state index contributed by atoms with van der Waals surface area (Å²) in [6.45, 7) is 1.73. The van der Waals surface area contributed by atoms with Gasteiger partial charge in [-0.05, 0) is 19.1 Å². The van der Waals surface area contributed by atoms with Crippen molar-refractivity contribution in [2.24, 2.45) is 5.73 Å². The quantitative estimate of drug-likeness (QED) is 0.829. The number of anilines is 2. The number of aryl methyl sites for hydroxylation is 1. The highest BCUT2D eigenvalue weighted by Crippen LogP contribution is 2.24. The molecule has 2 rings (SSSR count). The maximum Gasteiger partial charge on any atom is 0.252 e. The normalized spacial score (nSPS) is 10.2. The Morgan fingerprint density at radius 1 is 1.42 bits per heavy atom. The molecule has 3 N–H and O–H groups in total. The first kappa shape index (κ1) is 13.2. The van der Waals surface area contributed by atoms with Crippen LogP contribution in [0.1, 0.15) is 11.4 Å². The van der Waals surface area contributed by atoms with Gasteiger partial charge in [-0.25, -0.2) is 4.98 Å². The van der Waals surface area contributed by atoms with Gasteiger partial charge in [0.05, 0.1) is 5.69 Å². The molecular formula is C13H14N4OS. The van der Waals surface area contributed by atoms with Gasteiger partial charge in [-0.15, -0.1) is 0 Å². The van der Waals surface area contributed by atoms with Gasteiger partial charge in [0.15, 0.2) is 0 Å². The third-order valence-corrected chi connectivity index (χ3v) is 2.94. The number of rotatable bonds is 3. The molecule has 0 aliphatic rings. The number of aromatic amines is 1. The summed E-state index contributed by atoms with van der Waals surface area (Å²) >= 11 is 5.03. The number of H-pyrrole nitrogens is 1. The minimum Gasteiger partial charge on any atom is -0.389 e. The van der Waals surface area contributed by atoms with E-state index in [1.807, 2.05) is 31.3 Å². The number of benzene rings is 1. The fraction of sp³-hybridized carbons (Fsp3) is 0.154. The Hall–Kier alpha value is -2.21. The van der Waals surface area contributed by atoms with Crippen molar-refractivity contribution < 1.29 is 0 Å². The molecule has 0 atom stereocenters. The van der Waals surface area contributed by atoms with E-state index in [-0.39, 0.29) is 5.56 Å². The fourth-order valence-electron chi connectivity index (χ4n) is 1.83. The van der Waals surface area contributed by atoms with Crippen molar-refractivity contribution in [2.75, 3.05) is 11.9 Å². The molecule has 1 heterocycles. The molecule has 0 unspecified atom stereocenters. The molecule has 0 saturated heterocycles. The van der Waals surface area contributed by atoms with Gasteiger partial charge in [0.1, 0.15) is 16.6 Å². The van der Waals surface area contributed by atoms with Crippen LogP contribution < -0.4 is 16.2 Å². The Kier molecular flexibility index (Phi) is 3.62. The largest absolute Gasteiger partial charge is 0.389 e. The van der Waals surface area contributed by atoms with Gasteiger partial charge < -0.3 is 15.6 Å². The summed E-state index contributed by atoms with van der Waals surface area (Å²) in [6.07, 6.45) is 0. The Morgan fingerprint density at radius 3 is 2.74 bits per heavy atom. The molecule has 0 amide bonds. The summed E-state index contributed by atoms with van der Waals surface area (Å²) in [5.74, 6) is 1.10. The number of para-hydroxylation sites is 1. The van der Waals surface area contributed by atoms with Crippen LogP contribution in [0.15, 0.2) is 35.1 Å². The summed E-state index contributed by atoms with van der Waals surface area (Å²) < 4.78 is 0. The highest BCUT2D eigenvalue weighted by atomic mass is 32.1. The zero-order chi connectivity index (χ0) is 14.0. The lowest BCUT2D eigenvalue weighted by Gasteiger charge is -2.21. The molecule has 0 radical (unpaired) electrons. The molecule has 6 heteroatoms. The van der Waals surface area contributed by atoms with Crippen LogP contribution in [0.3, 0.4) is 0 Å². The molecule has 0 aliphatic carbocycles. The van der Waals surface area contributed by atoms with Gasteiger partial charge in [-0.2, -0.15) is 0 Å². The number of nitrogens with two attached hydrogens (primary N) is 1. The van der Waals surface area contributed by atoms with E-state index < -0.39 is 0 Å². The molecule has 5 nitrogen and oxygen atoms in total. The Balaban J connectivity index is 2.52. The van der Waals surface area contributed by atoms with E-state index in [0.29, 0.717) is 16.6 Å². The number of hydrogen-bond donors (Lipinski definition) is 2. The SMILES string of the molecule is Cc1nc(N(C)c2ccccc2C(N)=S)cc(=O)[nH]1. The van der Waals surface area contributed by atoms with E-state index in [2.05, 4.69) is 9.97 Å². The van der Waals surface area contributed by atoms with Crippen molar-refractivity contribution in [2.45, 2.75) is 6.92 Å². The lowest BCUT2D eigenvalue weighted by atomic mass is 10.1. The second-order valence-corrected chi connectivity index (χ2v) is 4.57. The average molecular weight is 274 g/mol. The van der Waals surface area contributed by atoms with Crippen LogP contribution in [-0.2, 0) is 0 Å². The van der Waals surface area contributed by atoms with Crippen LogP contribution >= 0.6 is 12.2 Å². The number of hydrogen-bond acceptors (Lipinski definition) is 4. The number of thiocarbonyl (C=S) groups is 1. The minimum absolute atomic E-state index is 0.192. The Morgan fingerprint density at radius 2 is 2.11 bits per heavy atom. The first-order valence-electron chi connectivity index (χ1n) is 5.69. The van der Waals surface area contributed by atoms with E-state index in [1.165, 1.54) is 6.07 Å². The first-order valence-corrected chi connectivity index (χ1v) is 6.10. The average Bonchev–Trinajstić information content (AvgIpc) is 2.36. The molecule has 1 aromatic carbocycles. The summed E-state index contributed by atoms with van der Waals surface area (Å²) in [6, 6.07) is 8.90. The van der Waals surface area contributed by atoms with E-state index in [1.54, 1.807) is 11.8 Å². The van der Waals surface area contributed by atoms with Gasteiger partial charge in [-0.3, -0.25) is 4.79 Å². The highest BCUT2D eigenvalue weighted by molar-refractivity contribution is 7.80. The van der Waals surface area contributed by atoms with Crippen LogP contribution in [0.4, 0.5) is 11.5 Å². The minimum atomic E-state index is -0.192. The zero-order valence-corrected chi connectivity index (χ0v) is 11.5. The zero-order valence-electron chi connectivity index (χ0n) is 10.7. The van der Waals surface area contributed by atoms with E-state index in [4.69, 9.17) is 18.0 Å². The summed E-state index contributed by atoms with van der Waals surface area (Å²) in [7, 11) is 1.82. The van der Waals surface area contributed by atoms with Gasteiger partial charge in [0.25, 0.3) is 5.56 Å². The smallest absolute Gasteiger partial charge is 0.252 e. The third kappa shape index (κ3) is 2.79. The Bertz CT molecular complexity index is 680. The highest BCUT2D eigenvalue weighted by Gasteiger charge is 2.12. The van der Waals surface area contributed by atoms with Crippen molar-refractivity contribution in [3.05, 3.63) is 52.1 Å². The van der Waals surface area contributed by atoms with Crippen LogP contribution in [0.2, 0.25) is 0 Å². The predicted octanol–water partition coefficient (Wildman–Crippen LogP) is 1.48. The van der Waals surface area contributed by atoms with Crippen LogP contribution in [-0.4, -0.2) is 22.0 Å². The van der Waals surface area contributed by atoms with E-state index >= 15 is 0 Å². The molecule has 2 aromatic rings. The molecule has 0 aliphatic heterocycles. The van der Waals surface area contributed by atoms with Crippen LogP contribution in [0, 0.1) is 6.92 Å². The first-order chi connectivity index (χ1) is 8.99. The molecule has 0 spiro atoms. The third-order valence-electron chi connectivity index (χ3n) is 2.72. The second kappa shape index (κ2) is 5.19. The molecule has 1 aromatic heterocycles.